The minimum absolute atomic E-state index is 0.649. The highest BCUT2D eigenvalue weighted by Gasteiger charge is 2.39. The molecule has 2 aliphatic rings. The zero-order chi connectivity index (χ0) is 13.2. The normalized spacial score (nSPS) is 29.6. The first-order valence-corrected chi connectivity index (χ1v) is 7.84. The predicted molar refractivity (Wildman–Crippen MR) is 82.0 cm³/mol. The molecule has 0 N–H and O–H groups in total. The quantitative estimate of drug-likeness (QED) is 0.779. The third-order valence-corrected chi connectivity index (χ3v) is 5.01. The van der Waals surface area contributed by atoms with Crippen LogP contribution >= 0.6 is 0 Å². The Balaban J connectivity index is 1.99. The molecule has 2 bridgehead atoms. The van der Waals surface area contributed by atoms with E-state index in [2.05, 4.69) is 55.2 Å². The summed E-state index contributed by atoms with van der Waals surface area (Å²) < 4.78 is 0. The van der Waals surface area contributed by atoms with Crippen LogP contribution in [0.5, 0.6) is 0 Å². The van der Waals surface area contributed by atoms with Crippen molar-refractivity contribution in [2.75, 3.05) is 13.1 Å². The summed E-state index contributed by atoms with van der Waals surface area (Å²) in [5.74, 6) is 1.72. The number of allylic oxidation sites excluding steroid dienone is 1. The van der Waals surface area contributed by atoms with Crippen LogP contribution in [0.3, 0.4) is 0 Å². The third-order valence-electron chi connectivity index (χ3n) is 5.01. The number of fused-ring (bicyclic) bond motifs is 2. The van der Waals surface area contributed by atoms with Crippen molar-refractivity contribution in [2.24, 2.45) is 11.8 Å². The number of hydrogen-bond donors (Lipinski definition) is 0. The van der Waals surface area contributed by atoms with Gasteiger partial charge in [-0.1, -0.05) is 50.3 Å². The second-order valence-corrected chi connectivity index (χ2v) is 5.99. The Kier molecular flexibility index (Phi) is 3.74. The van der Waals surface area contributed by atoms with Crippen LogP contribution in [0.4, 0.5) is 0 Å². The van der Waals surface area contributed by atoms with Gasteiger partial charge in [-0.2, -0.15) is 0 Å². The predicted octanol–water partition coefficient (Wildman–Crippen LogP) is 4.21. The Morgan fingerprint density at radius 1 is 1.05 bits per heavy atom. The van der Waals surface area contributed by atoms with Crippen LogP contribution in [-0.4, -0.2) is 24.0 Å². The van der Waals surface area contributed by atoms with Crippen LogP contribution < -0.4 is 0 Å². The average molecular weight is 255 g/mol. The van der Waals surface area contributed by atoms with Gasteiger partial charge in [0.1, 0.15) is 0 Å². The number of benzene rings is 1. The van der Waals surface area contributed by atoms with Gasteiger partial charge in [-0.15, -0.1) is 0 Å². The molecule has 1 fully saturated rings. The van der Waals surface area contributed by atoms with Gasteiger partial charge < -0.3 is 0 Å². The molecule has 0 saturated heterocycles. The van der Waals surface area contributed by atoms with Gasteiger partial charge in [0.15, 0.2) is 0 Å². The van der Waals surface area contributed by atoms with Crippen molar-refractivity contribution < 1.29 is 0 Å². The Labute approximate surface area is 117 Å². The Morgan fingerprint density at radius 3 is 2.47 bits per heavy atom. The molecule has 102 valence electrons. The molecule has 1 aromatic carbocycles. The Morgan fingerprint density at radius 2 is 1.79 bits per heavy atom. The summed E-state index contributed by atoms with van der Waals surface area (Å²) in [4.78, 5) is 2.66. The lowest BCUT2D eigenvalue weighted by atomic mass is 9.80. The first-order chi connectivity index (χ1) is 9.33. The molecule has 1 saturated carbocycles. The lowest BCUT2D eigenvalue weighted by Crippen LogP contribution is -2.42. The standard InChI is InChI=1S/C18H25N/c1-3-19(4-2)18-16-11-10-14(12-16)13-17(18)15-8-6-5-7-9-15/h5-9,13-14,16,18H,3-4,10-12H2,1-2H3/t14-,16-,18+/m0/s1. The summed E-state index contributed by atoms with van der Waals surface area (Å²) in [5.41, 5.74) is 3.04. The summed E-state index contributed by atoms with van der Waals surface area (Å²) in [6.45, 7) is 6.92. The maximum atomic E-state index is 2.66. The van der Waals surface area contributed by atoms with E-state index >= 15 is 0 Å². The summed E-state index contributed by atoms with van der Waals surface area (Å²) in [7, 11) is 0. The molecule has 1 heteroatoms. The smallest absolute Gasteiger partial charge is 0.0379 e. The highest BCUT2D eigenvalue weighted by Crippen LogP contribution is 2.46. The average Bonchev–Trinajstić information content (AvgIpc) is 2.85. The minimum Gasteiger partial charge on any atom is -0.297 e. The van der Waals surface area contributed by atoms with Crippen molar-refractivity contribution in [3.05, 3.63) is 42.0 Å². The van der Waals surface area contributed by atoms with E-state index in [0.717, 1.165) is 24.9 Å². The fourth-order valence-electron chi connectivity index (χ4n) is 4.11. The summed E-state index contributed by atoms with van der Waals surface area (Å²) in [5, 5.41) is 0. The zero-order valence-electron chi connectivity index (χ0n) is 12.2. The van der Waals surface area contributed by atoms with E-state index in [-0.39, 0.29) is 0 Å². The number of nitrogens with zero attached hydrogens (tertiary/aromatic N) is 1. The topological polar surface area (TPSA) is 3.24 Å². The van der Waals surface area contributed by atoms with Gasteiger partial charge in [0.25, 0.3) is 0 Å². The molecular formula is C18H25N. The molecule has 0 unspecified atom stereocenters. The second-order valence-electron chi connectivity index (χ2n) is 5.99. The van der Waals surface area contributed by atoms with Crippen LogP contribution in [0.15, 0.2) is 36.4 Å². The maximum absolute atomic E-state index is 2.66. The van der Waals surface area contributed by atoms with Gasteiger partial charge in [0, 0.05) is 6.04 Å². The first-order valence-electron chi connectivity index (χ1n) is 7.84. The van der Waals surface area contributed by atoms with Crippen molar-refractivity contribution >= 4 is 5.57 Å². The van der Waals surface area contributed by atoms with Crippen molar-refractivity contribution in [2.45, 2.75) is 39.2 Å². The largest absolute Gasteiger partial charge is 0.297 e. The van der Waals surface area contributed by atoms with Crippen LogP contribution in [0.1, 0.15) is 38.7 Å². The van der Waals surface area contributed by atoms with E-state index < -0.39 is 0 Å². The second kappa shape index (κ2) is 5.50. The van der Waals surface area contributed by atoms with E-state index in [1.165, 1.54) is 24.8 Å². The van der Waals surface area contributed by atoms with Crippen molar-refractivity contribution in [3.8, 4) is 0 Å². The molecule has 0 radical (unpaired) electrons. The molecule has 2 aliphatic carbocycles. The SMILES string of the molecule is CCN(CC)[C@H]1C(c2ccccc2)=C[C@H]2CC[C@H]1C2. The molecule has 3 rings (SSSR count). The van der Waals surface area contributed by atoms with Gasteiger partial charge in [0.2, 0.25) is 0 Å². The van der Waals surface area contributed by atoms with Crippen LogP contribution in [0.25, 0.3) is 5.57 Å². The Hall–Kier alpha value is -1.08. The summed E-state index contributed by atoms with van der Waals surface area (Å²) in [6, 6.07) is 11.7. The summed E-state index contributed by atoms with van der Waals surface area (Å²) >= 11 is 0. The lowest BCUT2D eigenvalue weighted by molar-refractivity contribution is 0.196. The van der Waals surface area contributed by atoms with Gasteiger partial charge in [-0.3, -0.25) is 4.90 Å². The van der Waals surface area contributed by atoms with E-state index in [0.29, 0.717) is 6.04 Å². The first kappa shape index (κ1) is 12.9. The fraction of sp³-hybridized carbons (Fsp3) is 0.556. The zero-order valence-corrected chi connectivity index (χ0v) is 12.2. The van der Waals surface area contributed by atoms with E-state index in [1.807, 2.05) is 0 Å². The van der Waals surface area contributed by atoms with Crippen LogP contribution in [-0.2, 0) is 0 Å². The molecular weight excluding hydrogens is 230 g/mol. The molecule has 0 spiro atoms. The van der Waals surface area contributed by atoms with E-state index in [4.69, 9.17) is 0 Å². The molecule has 3 atom stereocenters. The minimum atomic E-state index is 0.649. The van der Waals surface area contributed by atoms with Crippen molar-refractivity contribution in [3.63, 3.8) is 0 Å². The van der Waals surface area contributed by atoms with Gasteiger partial charge in [-0.05, 0) is 55.3 Å². The van der Waals surface area contributed by atoms with Crippen molar-refractivity contribution in [1.29, 1.82) is 0 Å². The van der Waals surface area contributed by atoms with E-state index in [9.17, 15) is 0 Å². The molecule has 0 aromatic heterocycles. The van der Waals surface area contributed by atoms with E-state index in [1.54, 1.807) is 5.57 Å². The molecule has 19 heavy (non-hydrogen) atoms. The molecule has 1 nitrogen and oxygen atoms in total. The van der Waals surface area contributed by atoms with Crippen LogP contribution in [0.2, 0.25) is 0 Å². The molecule has 0 amide bonds. The lowest BCUT2D eigenvalue weighted by Gasteiger charge is -2.38. The summed E-state index contributed by atoms with van der Waals surface area (Å²) in [6.07, 6.45) is 6.82. The Bertz CT molecular complexity index is 444. The third kappa shape index (κ3) is 2.36. The highest BCUT2D eigenvalue weighted by molar-refractivity contribution is 5.71. The van der Waals surface area contributed by atoms with Crippen LogP contribution in [0, 0.1) is 11.8 Å². The van der Waals surface area contributed by atoms with Gasteiger partial charge in [-0.25, -0.2) is 0 Å². The number of rotatable bonds is 4. The fourth-order valence-corrected chi connectivity index (χ4v) is 4.11. The molecule has 0 heterocycles. The maximum Gasteiger partial charge on any atom is 0.0379 e. The highest BCUT2D eigenvalue weighted by atomic mass is 15.2. The monoisotopic (exact) mass is 255 g/mol. The van der Waals surface area contributed by atoms with Gasteiger partial charge >= 0.3 is 0 Å². The number of likely N-dealkylation sites (N-methyl/N-ethyl adjacent to an activating group) is 1. The molecule has 0 aliphatic heterocycles. The number of hydrogen-bond acceptors (Lipinski definition) is 1. The molecule has 1 aromatic rings. The van der Waals surface area contributed by atoms with Crippen molar-refractivity contribution in [1.82, 2.24) is 4.90 Å². The van der Waals surface area contributed by atoms with Gasteiger partial charge in [0.05, 0.1) is 0 Å².